The number of nitrogens with zero attached hydrogens (tertiary/aromatic N) is 1. The van der Waals surface area contributed by atoms with Crippen LogP contribution in [0.15, 0.2) is 48.5 Å². The summed E-state index contributed by atoms with van der Waals surface area (Å²) in [6, 6.07) is 17.3. The van der Waals surface area contributed by atoms with Gasteiger partial charge in [0.15, 0.2) is 0 Å². The lowest BCUT2D eigenvalue weighted by atomic mass is 9.98. The van der Waals surface area contributed by atoms with Crippen LogP contribution in [0, 0.1) is 11.3 Å². The van der Waals surface area contributed by atoms with E-state index in [0.717, 1.165) is 22.3 Å². The van der Waals surface area contributed by atoms with Gasteiger partial charge in [-0.3, -0.25) is 9.59 Å². The van der Waals surface area contributed by atoms with Crippen molar-refractivity contribution in [2.75, 3.05) is 6.61 Å². The monoisotopic (exact) mass is 475 g/mol. The number of ether oxygens (including phenoxy) is 1. The molecule has 0 bridgehead atoms. The number of carbonyl (C=O) groups excluding carboxylic acids is 2. The molecule has 4 rings (SSSR count). The molecule has 35 heavy (non-hydrogen) atoms. The maximum atomic E-state index is 12.9. The van der Waals surface area contributed by atoms with Crippen molar-refractivity contribution in [3.05, 3.63) is 59.7 Å². The molecule has 2 aliphatic rings. The second kappa shape index (κ2) is 10.6. The van der Waals surface area contributed by atoms with Crippen molar-refractivity contribution in [1.29, 1.82) is 5.26 Å². The molecule has 2 aromatic rings. The highest BCUT2D eigenvalue weighted by Crippen LogP contribution is 2.44. The zero-order chi connectivity index (χ0) is 24.8. The fraction of sp³-hybridized carbons (Fsp3) is 0.407. The number of carbonyl (C=O) groups is 3. The van der Waals surface area contributed by atoms with Crippen LogP contribution in [0.3, 0.4) is 0 Å². The molecule has 2 aromatic carbocycles. The van der Waals surface area contributed by atoms with Crippen LogP contribution in [0.2, 0.25) is 0 Å². The summed E-state index contributed by atoms with van der Waals surface area (Å²) in [5.41, 5.74) is 3.70. The lowest BCUT2D eigenvalue weighted by Gasteiger charge is -2.23. The van der Waals surface area contributed by atoms with E-state index in [9.17, 15) is 14.4 Å². The van der Waals surface area contributed by atoms with E-state index in [1.807, 2.05) is 36.4 Å². The Morgan fingerprint density at radius 1 is 1.06 bits per heavy atom. The smallest absolute Gasteiger partial charge is 0.407 e. The summed E-state index contributed by atoms with van der Waals surface area (Å²) in [4.78, 5) is 36.8. The maximum absolute atomic E-state index is 12.9. The summed E-state index contributed by atoms with van der Waals surface area (Å²) in [5.74, 6) is -1.49. The molecule has 182 valence electrons. The van der Waals surface area contributed by atoms with Gasteiger partial charge in [-0.25, -0.2) is 4.79 Å². The fourth-order valence-electron chi connectivity index (χ4n) is 4.74. The minimum Gasteiger partial charge on any atom is -0.481 e. The van der Waals surface area contributed by atoms with E-state index in [4.69, 9.17) is 15.1 Å². The quantitative estimate of drug-likeness (QED) is 0.420. The Morgan fingerprint density at radius 3 is 2.26 bits per heavy atom. The topological polar surface area (TPSA) is 129 Å². The molecule has 3 N–H and O–H groups in total. The van der Waals surface area contributed by atoms with Crippen molar-refractivity contribution in [2.24, 2.45) is 0 Å². The van der Waals surface area contributed by atoms with Gasteiger partial charge in [-0.1, -0.05) is 48.5 Å². The summed E-state index contributed by atoms with van der Waals surface area (Å²) in [6.45, 7) is 0.131. The first-order chi connectivity index (χ1) is 16.9. The van der Waals surface area contributed by atoms with E-state index in [1.165, 1.54) is 0 Å². The van der Waals surface area contributed by atoms with Crippen LogP contribution in [-0.2, 0) is 14.3 Å². The summed E-state index contributed by atoms with van der Waals surface area (Å²) < 4.78 is 5.58. The van der Waals surface area contributed by atoms with Crippen molar-refractivity contribution < 1.29 is 24.2 Å². The highest BCUT2D eigenvalue weighted by Gasteiger charge is 2.46. The zero-order valence-corrected chi connectivity index (χ0v) is 19.5. The molecule has 0 aliphatic heterocycles. The fourth-order valence-corrected chi connectivity index (χ4v) is 4.74. The van der Waals surface area contributed by atoms with Gasteiger partial charge in [0.1, 0.15) is 12.6 Å². The molecule has 2 aliphatic carbocycles. The van der Waals surface area contributed by atoms with Gasteiger partial charge in [0.2, 0.25) is 5.91 Å². The van der Waals surface area contributed by atoms with Gasteiger partial charge in [0, 0.05) is 12.3 Å². The van der Waals surface area contributed by atoms with E-state index < -0.39 is 29.6 Å². The third-order valence-electron chi connectivity index (χ3n) is 6.72. The minimum atomic E-state index is -0.974. The van der Waals surface area contributed by atoms with Crippen LogP contribution in [0.25, 0.3) is 11.1 Å². The Morgan fingerprint density at radius 2 is 1.69 bits per heavy atom. The van der Waals surface area contributed by atoms with Gasteiger partial charge in [0.05, 0.1) is 18.0 Å². The predicted molar refractivity (Wildman–Crippen MR) is 128 cm³/mol. The molecular weight excluding hydrogens is 446 g/mol. The number of rotatable bonds is 11. The molecule has 0 heterocycles. The highest BCUT2D eigenvalue weighted by molar-refractivity contribution is 5.87. The Labute approximate surface area is 204 Å². The van der Waals surface area contributed by atoms with Gasteiger partial charge in [-0.05, 0) is 54.4 Å². The zero-order valence-electron chi connectivity index (χ0n) is 19.5. The Balaban J connectivity index is 1.39. The van der Waals surface area contributed by atoms with E-state index in [2.05, 4.69) is 28.8 Å². The second-order valence-corrected chi connectivity index (χ2v) is 9.27. The number of amides is 2. The number of nitrogens with one attached hydrogen (secondary N) is 2. The van der Waals surface area contributed by atoms with E-state index in [0.29, 0.717) is 38.5 Å². The molecule has 0 spiro atoms. The van der Waals surface area contributed by atoms with Crippen LogP contribution >= 0.6 is 0 Å². The van der Waals surface area contributed by atoms with E-state index in [-0.39, 0.29) is 18.9 Å². The number of hydrogen-bond acceptors (Lipinski definition) is 5. The molecule has 1 unspecified atom stereocenters. The van der Waals surface area contributed by atoms with Crippen LogP contribution in [0.4, 0.5) is 4.79 Å². The van der Waals surface area contributed by atoms with Crippen molar-refractivity contribution >= 4 is 18.0 Å². The maximum Gasteiger partial charge on any atom is 0.407 e. The van der Waals surface area contributed by atoms with Crippen molar-refractivity contribution in [3.8, 4) is 17.2 Å². The number of alkyl carbamates (subject to hydrolysis) is 1. The number of hydrogen-bond donors (Lipinski definition) is 3. The summed E-state index contributed by atoms with van der Waals surface area (Å²) >= 11 is 0. The van der Waals surface area contributed by atoms with Crippen LogP contribution in [0.5, 0.6) is 0 Å². The number of unbranched alkanes of at least 4 members (excludes halogenated alkanes) is 2. The Hall–Kier alpha value is -3.86. The Bertz CT molecular complexity index is 1110. The van der Waals surface area contributed by atoms with Gasteiger partial charge in [-0.2, -0.15) is 5.26 Å². The van der Waals surface area contributed by atoms with Crippen LogP contribution < -0.4 is 10.6 Å². The SMILES string of the molecule is N#CCCCCC(NC(=O)OCC1c2ccccc2-c2ccccc21)C(=O)NC1(CC(=O)O)CC1. The number of carboxylic acid groups (broad SMARTS) is 1. The predicted octanol–water partition coefficient (Wildman–Crippen LogP) is 4.10. The van der Waals surface area contributed by atoms with E-state index >= 15 is 0 Å². The van der Waals surface area contributed by atoms with Crippen molar-refractivity contribution in [1.82, 2.24) is 10.6 Å². The first-order valence-corrected chi connectivity index (χ1v) is 11.9. The normalized spacial score (nSPS) is 15.7. The van der Waals surface area contributed by atoms with E-state index in [1.54, 1.807) is 0 Å². The molecule has 0 saturated heterocycles. The largest absolute Gasteiger partial charge is 0.481 e. The lowest BCUT2D eigenvalue weighted by Crippen LogP contribution is -2.51. The standard InChI is InChI=1S/C27H29N3O5/c28-15-7-1-2-12-23(25(33)30-27(13-14-27)16-24(31)32)29-26(34)35-17-22-20-10-5-3-8-18(20)19-9-4-6-11-21(19)22/h3-6,8-11,22-23H,1-2,7,12-14,16-17H2,(H,29,34)(H,30,33)(H,31,32). The van der Waals surface area contributed by atoms with Crippen LogP contribution in [0.1, 0.15) is 62.0 Å². The second-order valence-electron chi connectivity index (χ2n) is 9.27. The average Bonchev–Trinajstić information content (AvgIpc) is 3.51. The summed E-state index contributed by atoms with van der Waals surface area (Å²) in [7, 11) is 0. The number of aliphatic carboxylic acids is 1. The molecule has 1 atom stereocenters. The molecular formula is C27H29N3O5. The summed E-state index contributed by atoms with van der Waals surface area (Å²) in [5, 5.41) is 23.4. The number of carboxylic acids is 1. The first kappa shape index (κ1) is 24.3. The molecule has 2 amide bonds. The third-order valence-corrected chi connectivity index (χ3v) is 6.72. The minimum absolute atomic E-state index is 0.0960. The van der Waals surface area contributed by atoms with Crippen LogP contribution in [-0.4, -0.2) is 41.3 Å². The number of nitriles is 1. The highest BCUT2D eigenvalue weighted by atomic mass is 16.5. The van der Waals surface area contributed by atoms with Crippen molar-refractivity contribution in [2.45, 2.75) is 62.4 Å². The van der Waals surface area contributed by atoms with Gasteiger partial charge < -0.3 is 20.5 Å². The van der Waals surface area contributed by atoms with Gasteiger partial charge in [-0.15, -0.1) is 0 Å². The summed E-state index contributed by atoms with van der Waals surface area (Å²) in [6.07, 6.45) is 2.21. The molecule has 8 heteroatoms. The molecule has 0 aromatic heterocycles. The van der Waals surface area contributed by atoms with Gasteiger partial charge in [0.25, 0.3) is 0 Å². The molecule has 8 nitrogen and oxygen atoms in total. The molecule has 0 radical (unpaired) electrons. The average molecular weight is 476 g/mol. The Kier molecular flexibility index (Phi) is 7.35. The number of benzene rings is 2. The van der Waals surface area contributed by atoms with Gasteiger partial charge >= 0.3 is 12.1 Å². The first-order valence-electron chi connectivity index (χ1n) is 11.9. The lowest BCUT2D eigenvalue weighted by molar-refractivity contribution is -0.138. The molecule has 1 saturated carbocycles. The number of fused-ring (bicyclic) bond motifs is 3. The third kappa shape index (κ3) is 5.80. The van der Waals surface area contributed by atoms with Crippen molar-refractivity contribution in [3.63, 3.8) is 0 Å². The molecule has 1 fully saturated rings.